The number of rotatable bonds is 10. The first-order valence-electron chi connectivity index (χ1n) is 11.0. The van der Waals surface area contributed by atoms with Crippen molar-refractivity contribution < 1.29 is 32.6 Å². The van der Waals surface area contributed by atoms with Gasteiger partial charge in [-0.1, -0.05) is 48.5 Å². The largest absolute Gasteiger partial charge is 0.481 e. The number of nitrogens with one attached hydrogen (secondary N) is 3. The zero-order valence-electron chi connectivity index (χ0n) is 19.7. The van der Waals surface area contributed by atoms with Crippen LogP contribution in [-0.2, 0) is 24.3 Å². The van der Waals surface area contributed by atoms with Crippen molar-refractivity contribution in [1.82, 2.24) is 15.4 Å². The Morgan fingerprint density at radius 2 is 1.57 bits per heavy atom. The van der Waals surface area contributed by atoms with Crippen LogP contribution in [-0.4, -0.2) is 62.5 Å². The van der Waals surface area contributed by atoms with Crippen molar-refractivity contribution in [3.8, 4) is 11.1 Å². The van der Waals surface area contributed by atoms with Crippen LogP contribution < -0.4 is 15.4 Å². The van der Waals surface area contributed by atoms with Gasteiger partial charge in [0.1, 0.15) is 12.6 Å². The van der Waals surface area contributed by atoms with Gasteiger partial charge in [-0.2, -0.15) is 0 Å². The molecular formula is C24H29N3O7S. The van der Waals surface area contributed by atoms with Crippen LogP contribution in [0.25, 0.3) is 11.1 Å². The Kier molecular flexibility index (Phi) is 7.81. The van der Waals surface area contributed by atoms with E-state index in [1.807, 2.05) is 48.5 Å². The number of benzene rings is 2. The van der Waals surface area contributed by atoms with E-state index in [2.05, 4.69) is 15.4 Å². The zero-order valence-corrected chi connectivity index (χ0v) is 20.5. The highest BCUT2D eigenvalue weighted by molar-refractivity contribution is 7.88. The van der Waals surface area contributed by atoms with Crippen LogP contribution in [0, 0.1) is 0 Å². The molecule has 0 saturated heterocycles. The molecule has 1 aliphatic carbocycles. The van der Waals surface area contributed by atoms with Gasteiger partial charge in [0.2, 0.25) is 15.9 Å². The summed E-state index contributed by atoms with van der Waals surface area (Å²) in [4.78, 5) is 36.6. The first kappa shape index (κ1) is 26.2. The van der Waals surface area contributed by atoms with Gasteiger partial charge in [0.25, 0.3) is 0 Å². The molecule has 0 heterocycles. The minimum Gasteiger partial charge on any atom is -0.481 e. The predicted octanol–water partition coefficient (Wildman–Crippen LogP) is 1.81. The van der Waals surface area contributed by atoms with Crippen LogP contribution in [0.2, 0.25) is 0 Å². The van der Waals surface area contributed by atoms with E-state index >= 15 is 0 Å². The Balaban J connectivity index is 1.65. The molecule has 35 heavy (non-hydrogen) atoms. The maximum absolute atomic E-state index is 12.7. The molecule has 2 aromatic carbocycles. The molecule has 188 valence electrons. The molecule has 0 radical (unpaired) electrons. The lowest BCUT2D eigenvalue weighted by Crippen LogP contribution is -2.57. The lowest BCUT2D eigenvalue weighted by atomic mass is 9.98. The number of amides is 2. The van der Waals surface area contributed by atoms with E-state index in [9.17, 15) is 27.9 Å². The number of hydrogen-bond acceptors (Lipinski definition) is 6. The van der Waals surface area contributed by atoms with Gasteiger partial charge in [-0.3, -0.25) is 9.59 Å². The lowest BCUT2D eigenvalue weighted by molar-refractivity contribution is -0.140. The maximum Gasteiger partial charge on any atom is 0.407 e. The summed E-state index contributed by atoms with van der Waals surface area (Å²) in [6, 6.07) is 14.2. The SMILES string of the molecule is CC(C)(CNS(C)(=O)=O)NC(=O)C(CC(=O)O)NC(=O)OCC1c2ccccc2-c2ccccc21. The highest BCUT2D eigenvalue weighted by Gasteiger charge is 2.32. The monoisotopic (exact) mass is 503 g/mol. The minimum atomic E-state index is -3.49. The van der Waals surface area contributed by atoms with Gasteiger partial charge in [-0.05, 0) is 36.1 Å². The molecule has 4 N–H and O–H groups in total. The van der Waals surface area contributed by atoms with Crippen LogP contribution in [0.3, 0.4) is 0 Å². The first-order chi connectivity index (χ1) is 16.4. The topological polar surface area (TPSA) is 151 Å². The zero-order chi connectivity index (χ0) is 25.8. The molecule has 1 aliphatic rings. The summed E-state index contributed by atoms with van der Waals surface area (Å²) in [5.74, 6) is -2.27. The molecule has 0 spiro atoms. The number of alkyl carbamates (subject to hydrolysis) is 1. The average molecular weight is 504 g/mol. The molecule has 0 aromatic heterocycles. The molecule has 10 nitrogen and oxygen atoms in total. The van der Waals surface area contributed by atoms with Gasteiger partial charge >= 0.3 is 12.1 Å². The third-order valence-corrected chi connectivity index (χ3v) is 6.24. The molecule has 1 atom stereocenters. The molecule has 0 aliphatic heterocycles. The second kappa shape index (κ2) is 10.4. The highest BCUT2D eigenvalue weighted by atomic mass is 32.2. The fourth-order valence-electron chi connectivity index (χ4n) is 3.94. The molecule has 2 amide bonds. The Morgan fingerprint density at radius 3 is 2.09 bits per heavy atom. The van der Waals surface area contributed by atoms with Gasteiger partial charge in [-0.25, -0.2) is 17.9 Å². The Labute approximate surface area is 204 Å². The number of fused-ring (bicyclic) bond motifs is 3. The third-order valence-electron chi connectivity index (χ3n) is 5.57. The summed E-state index contributed by atoms with van der Waals surface area (Å²) in [6.45, 7) is 3.01. The lowest BCUT2D eigenvalue weighted by Gasteiger charge is -2.28. The quantitative estimate of drug-likeness (QED) is 0.386. The normalized spacial score (nSPS) is 13.9. The Bertz CT molecular complexity index is 1180. The second-order valence-electron chi connectivity index (χ2n) is 9.09. The Morgan fingerprint density at radius 1 is 1.03 bits per heavy atom. The van der Waals surface area contributed by atoms with Gasteiger partial charge in [-0.15, -0.1) is 0 Å². The second-order valence-corrected chi connectivity index (χ2v) is 10.9. The number of sulfonamides is 1. The van der Waals surface area contributed by atoms with E-state index in [0.29, 0.717) is 0 Å². The molecule has 3 rings (SSSR count). The van der Waals surface area contributed by atoms with Crippen LogP contribution in [0.15, 0.2) is 48.5 Å². The van der Waals surface area contributed by atoms with Crippen molar-refractivity contribution >= 4 is 28.0 Å². The molecule has 0 saturated carbocycles. The third kappa shape index (κ3) is 7.03. The fourth-order valence-corrected chi connectivity index (χ4v) is 4.57. The molecule has 2 aromatic rings. The summed E-state index contributed by atoms with van der Waals surface area (Å²) in [5.41, 5.74) is 3.11. The minimum absolute atomic E-state index is 0.00500. The van der Waals surface area contributed by atoms with Gasteiger partial charge in [0.05, 0.1) is 12.7 Å². The van der Waals surface area contributed by atoms with Crippen LogP contribution in [0.1, 0.15) is 37.3 Å². The van der Waals surface area contributed by atoms with Crippen molar-refractivity contribution in [2.24, 2.45) is 0 Å². The molecule has 1 unspecified atom stereocenters. The summed E-state index contributed by atoms with van der Waals surface area (Å²) in [5, 5.41) is 14.1. The number of carbonyl (C=O) groups excluding carboxylic acids is 2. The molecule has 0 bridgehead atoms. The number of aliphatic carboxylic acids is 1. The first-order valence-corrected chi connectivity index (χ1v) is 12.9. The number of carboxylic acid groups (broad SMARTS) is 1. The number of hydrogen-bond donors (Lipinski definition) is 4. The standard InChI is InChI=1S/C24H29N3O7S/c1-24(2,14-25-35(3,32)33)27-22(30)20(12-21(28)29)26-23(31)34-13-19-17-10-6-4-8-15(17)16-9-5-7-11-18(16)19/h4-11,19-20,25H,12-14H2,1-3H3,(H,26,31)(H,27,30)(H,28,29). The summed E-state index contributed by atoms with van der Waals surface area (Å²) in [7, 11) is -3.49. The predicted molar refractivity (Wildman–Crippen MR) is 129 cm³/mol. The maximum atomic E-state index is 12.7. The van der Waals surface area contributed by atoms with Gasteiger partial charge in [0, 0.05) is 18.0 Å². The van der Waals surface area contributed by atoms with E-state index in [1.54, 1.807) is 13.8 Å². The van der Waals surface area contributed by atoms with E-state index in [0.717, 1.165) is 28.5 Å². The van der Waals surface area contributed by atoms with E-state index < -0.39 is 46.0 Å². The van der Waals surface area contributed by atoms with Gasteiger partial charge < -0.3 is 20.5 Å². The molecule has 11 heteroatoms. The van der Waals surface area contributed by atoms with Crippen molar-refractivity contribution in [2.45, 2.75) is 37.8 Å². The van der Waals surface area contributed by atoms with Crippen LogP contribution in [0.4, 0.5) is 4.79 Å². The van der Waals surface area contributed by atoms with Crippen molar-refractivity contribution in [2.75, 3.05) is 19.4 Å². The highest BCUT2D eigenvalue weighted by Crippen LogP contribution is 2.44. The van der Waals surface area contributed by atoms with Crippen molar-refractivity contribution in [1.29, 1.82) is 0 Å². The van der Waals surface area contributed by atoms with Gasteiger partial charge in [0.15, 0.2) is 0 Å². The van der Waals surface area contributed by atoms with Crippen LogP contribution in [0.5, 0.6) is 0 Å². The average Bonchev–Trinajstić information content (AvgIpc) is 3.09. The molecular weight excluding hydrogens is 474 g/mol. The Hall–Kier alpha value is -3.44. The van der Waals surface area contributed by atoms with Crippen LogP contribution >= 0.6 is 0 Å². The number of ether oxygens (including phenoxy) is 1. The van der Waals surface area contributed by atoms with E-state index in [1.165, 1.54) is 0 Å². The number of carbonyl (C=O) groups is 3. The summed E-state index contributed by atoms with van der Waals surface area (Å²) < 4.78 is 30.4. The summed E-state index contributed by atoms with van der Waals surface area (Å²) >= 11 is 0. The summed E-state index contributed by atoms with van der Waals surface area (Å²) in [6.07, 6.45) is -0.622. The van der Waals surface area contributed by atoms with Crippen molar-refractivity contribution in [3.63, 3.8) is 0 Å². The van der Waals surface area contributed by atoms with E-state index in [-0.39, 0.29) is 19.1 Å². The van der Waals surface area contributed by atoms with E-state index in [4.69, 9.17) is 4.74 Å². The molecule has 0 fully saturated rings. The smallest absolute Gasteiger partial charge is 0.407 e. The number of carboxylic acids is 1. The van der Waals surface area contributed by atoms with Crippen molar-refractivity contribution in [3.05, 3.63) is 59.7 Å². The fraction of sp³-hybridized carbons (Fsp3) is 0.375.